The van der Waals surface area contributed by atoms with Crippen molar-refractivity contribution in [1.29, 1.82) is 5.26 Å². The molecule has 2 amide bonds. The molecular formula is C29H27N3O6. The maximum atomic E-state index is 12.5. The van der Waals surface area contributed by atoms with Gasteiger partial charge in [-0.05, 0) is 86.2 Å². The van der Waals surface area contributed by atoms with E-state index in [1.54, 1.807) is 67.6 Å². The topological polar surface area (TPSA) is 127 Å². The van der Waals surface area contributed by atoms with Gasteiger partial charge < -0.3 is 24.8 Å². The Bertz CT molecular complexity index is 1320. The lowest BCUT2D eigenvalue weighted by atomic mass is 10.1. The molecular weight excluding hydrogens is 486 g/mol. The van der Waals surface area contributed by atoms with E-state index in [0.717, 1.165) is 5.75 Å². The number of amides is 2. The summed E-state index contributed by atoms with van der Waals surface area (Å²) in [6.45, 7) is 4.25. The van der Waals surface area contributed by atoms with Crippen LogP contribution in [0.1, 0.15) is 29.8 Å². The van der Waals surface area contributed by atoms with Crippen molar-refractivity contribution in [1.82, 2.24) is 0 Å². The van der Waals surface area contributed by atoms with Gasteiger partial charge in [0.25, 0.3) is 11.8 Å². The van der Waals surface area contributed by atoms with Gasteiger partial charge in [-0.2, -0.15) is 5.26 Å². The first-order valence-corrected chi connectivity index (χ1v) is 11.9. The molecule has 3 rings (SSSR count). The molecule has 3 aromatic carbocycles. The first-order valence-electron chi connectivity index (χ1n) is 11.9. The number of hydrogen-bond acceptors (Lipinski definition) is 7. The Morgan fingerprint density at radius 2 is 1.37 bits per heavy atom. The van der Waals surface area contributed by atoms with E-state index in [2.05, 4.69) is 10.6 Å². The third-order valence-corrected chi connectivity index (χ3v) is 5.03. The van der Waals surface area contributed by atoms with Crippen LogP contribution in [0, 0.1) is 11.3 Å². The maximum Gasteiger partial charge on any atom is 0.338 e. The molecule has 0 aliphatic rings. The Morgan fingerprint density at radius 1 is 0.789 bits per heavy atom. The van der Waals surface area contributed by atoms with E-state index >= 15 is 0 Å². The number of nitriles is 1. The predicted octanol–water partition coefficient (Wildman–Crippen LogP) is 4.83. The molecule has 0 atom stereocenters. The van der Waals surface area contributed by atoms with E-state index in [4.69, 9.17) is 14.2 Å². The first kappa shape index (κ1) is 27.5. The number of nitrogens with one attached hydrogen (secondary N) is 2. The molecule has 9 heteroatoms. The van der Waals surface area contributed by atoms with Crippen LogP contribution in [0.15, 0.2) is 78.4 Å². The second-order valence-electron chi connectivity index (χ2n) is 7.79. The molecule has 3 aromatic rings. The van der Waals surface area contributed by atoms with E-state index in [1.807, 2.05) is 13.0 Å². The van der Waals surface area contributed by atoms with Gasteiger partial charge in [0.15, 0.2) is 6.61 Å². The Hall–Kier alpha value is -5.10. The highest BCUT2D eigenvalue weighted by atomic mass is 16.5. The lowest BCUT2D eigenvalue weighted by Crippen LogP contribution is -2.20. The van der Waals surface area contributed by atoms with Crippen molar-refractivity contribution >= 4 is 35.2 Å². The van der Waals surface area contributed by atoms with Gasteiger partial charge in [-0.15, -0.1) is 0 Å². The van der Waals surface area contributed by atoms with E-state index in [-0.39, 0.29) is 24.7 Å². The van der Waals surface area contributed by atoms with Crippen LogP contribution < -0.4 is 20.1 Å². The molecule has 0 radical (unpaired) electrons. The molecule has 0 saturated heterocycles. The van der Waals surface area contributed by atoms with Crippen LogP contribution in [0.3, 0.4) is 0 Å². The van der Waals surface area contributed by atoms with Crippen LogP contribution in [0.4, 0.5) is 11.4 Å². The summed E-state index contributed by atoms with van der Waals surface area (Å²) < 4.78 is 15.8. The van der Waals surface area contributed by atoms with Crippen molar-refractivity contribution in [2.45, 2.75) is 13.8 Å². The highest BCUT2D eigenvalue weighted by Gasteiger charge is 2.11. The van der Waals surface area contributed by atoms with Crippen LogP contribution in [-0.2, 0) is 14.3 Å². The fourth-order valence-electron chi connectivity index (χ4n) is 3.23. The molecule has 0 aliphatic heterocycles. The first-order chi connectivity index (χ1) is 18.4. The zero-order chi connectivity index (χ0) is 27.3. The molecule has 2 N–H and O–H groups in total. The van der Waals surface area contributed by atoms with Gasteiger partial charge in [-0.3, -0.25) is 9.59 Å². The van der Waals surface area contributed by atoms with Gasteiger partial charge in [0.1, 0.15) is 23.1 Å². The third-order valence-electron chi connectivity index (χ3n) is 5.03. The summed E-state index contributed by atoms with van der Waals surface area (Å²) in [4.78, 5) is 36.5. The van der Waals surface area contributed by atoms with Gasteiger partial charge >= 0.3 is 5.97 Å². The molecule has 38 heavy (non-hydrogen) atoms. The molecule has 0 aromatic heterocycles. The van der Waals surface area contributed by atoms with Gasteiger partial charge in [-0.1, -0.05) is 12.1 Å². The van der Waals surface area contributed by atoms with Crippen LogP contribution in [-0.4, -0.2) is 37.6 Å². The summed E-state index contributed by atoms with van der Waals surface area (Å²) in [6, 6.07) is 21.7. The molecule has 0 unspecified atom stereocenters. The highest BCUT2D eigenvalue weighted by molar-refractivity contribution is 6.09. The van der Waals surface area contributed by atoms with E-state index < -0.39 is 11.9 Å². The number of nitrogens with zero attached hydrogens (tertiary/aromatic N) is 1. The van der Waals surface area contributed by atoms with Gasteiger partial charge in [-0.25, -0.2) is 4.79 Å². The quantitative estimate of drug-likeness (QED) is 0.214. The number of carbonyl (C=O) groups excluding carboxylic acids is 3. The Labute approximate surface area is 220 Å². The van der Waals surface area contributed by atoms with E-state index in [9.17, 15) is 19.6 Å². The van der Waals surface area contributed by atoms with Crippen LogP contribution in [0.5, 0.6) is 11.5 Å². The summed E-state index contributed by atoms with van der Waals surface area (Å²) in [5.74, 6) is -0.200. The fourth-order valence-corrected chi connectivity index (χ4v) is 3.23. The zero-order valence-corrected chi connectivity index (χ0v) is 21.0. The summed E-state index contributed by atoms with van der Waals surface area (Å²) in [5.41, 5.74) is 1.90. The number of esters is 1. The molecule has 0 fully saturated rings. The molecule has 0 saturated carbocycles. The van der Waals surface area contributed by atoms with Crippen molar-refractivity contribution in [3.63, 3.8) is 0 Å². The SMILES string of the molecule is CCOC(=O)c1ccc(NC(=O)/C(C#N)=C/c2ccc(OCC(=O)Nc3ccc(OCC)cc3)cc2)cc1. The van der Waals surface area contributed by atoms with Gasteiger partial charge in [0.05, 0.1) is 18.8 Å². The number of rotatable bonds is 11. The summed E-state index contributed by atoms with van der Waals surface area (Å²) in [5, 5.41) is 14.8. The molecule has 0 heterocycles. The van der Waals surface area contributed by atoms with E-state index in [1.165, 1.54) is 18.2 Å². The van der Waals surface area contributed by atoms with Crippen LogP contribution in [0.25, 0.3) is 6.08 Å². The maximum absolute atomic E-state index is 12.5. The molecule has 9 nitrogen and oxygen atoms in total. The van der Waals surface area contributed by atoms with Crippen molar-refractivity contribution in [3.05, 3.63) is 89.5 Å². The minimum Gasteiger partial charge on any atom is -0.494 e. The average molecular weight is 514 g/mol. The smallest absolute Gasteiger partial charge is 0.338 e. The minimum absolute atomic E-state index is 0.108. The lowest BCUT2D eigenvalue weighted by Gasteiger charge is -2.09. The van der Waals surface area contributed by atoms with Gasteiger partial charge in [0.2, 0.25) is 0 Å². The number of benzene rings is 3. The fraction of sp³-hybridized carbons (Fsp3) is 0.172. The summed E-state index contributed by atoms with van der Waals surface area (Å²) >= 11 is 0. The second-order valence-corrected chi connectivity index (χ2v) is 7.79. The molecule has 0 bridgehead atoms. The predicted molar refractivity (Wildman–Crippen MR) is 143 cm³/mol. The Balaban J connectivity index is 1.53. The summed E-state index contributed by atoms with van der Waals surface area (Å²) in [7, 11) is 0. The standard InChI is InChI=1S/C29H27N3O6/c1-3-36-25-15-11-23(12-16-25)31-27(33)19-38-26-13-5-20(6-14-26)17-22(18-30)28(34)32-24-9-7-21(8-10-24)29(35)37-4-2/h5-17H,3-4,19H2,1-2H3,(H,31,33)(H,32,34)/b22-17+. The molecule has 0 spiro atoms. The number of carbonyl (C=O) groups is 3. The zero-order valence-electron chi connectivity index (χ0n) is 21.0. The minimum atomic E-state index is -0.595. The average Bonchev–Trinajstić information content (AvgIpc) is 2.93. The number of hydrogen-bond donors (Lipinski definition) is 2. The summed E-state index contributed by atoms with van der Waals surface area (Å²) in [6.07, 6.45) is 1.44. The van der Waals surface area contributed by atoms with Crippen molar-refractivity contribution < 1.29 is 28.6 Å². The molecule has 0 aliphatic carbocycles. The van der Waals surface area contributed by atoms with Gasteiger partial charge in [0, 0.05) is 11.4 Å². The Kier molecular flexibility index (Phi) is 10.0. The van der Waals surface area contributed by atoms with E-state index in [0.29, 0.717) is 34.9 Å². The van der Waals surface area contributed by atoms with Crippen molar-refractivity contribution in [3.8, 4) is 17.6 Å². The van der Waals surface area contributed by atoms with Crippen molar-refractivity contribution in [2.75, 3.05) is 30.5 Å². The largest absolute Gasteiger partial charge is 0.494 e. The normalized spacial score (nSPS) is 10.6. The Morgan fingerprint density at radius 3 is 1.97 bits per heavy atom. The second kappa shape index (κ2) is 13.8. The van der Waals surface area contributed by atoms with Crippen LogP contribution in [0.2, 0.25) is 0 Å². The number of anilines is 2. The molecule has 194 valence electrons. The number of ether oxygens (including phenoxy) is 3. The monoisotopic (exact) mass is 513 g/mol. The highest BCUT2D eigenvalue weighted by Crippen LogP contribution is 2.18. The third kappa shape index (κ3) is 8.24. The van der Waals surface area contributed by atoms with Crippen molar-refractivity contribution in [2.24, 2.45) is 0 Å². The lowest BCUT2D eigenvalue weighted by molar-refractivity contribution is -0.118. The van der Waals surface area contributed by atoms with Crippen LogP contribution >= 0.6 is 0 Å².